The van der Waals surface area contributed by atoms with Crippen molar-refractivity contribution in [1.29, 1.82) is 0 Å². The fraction of sp³-hybridized carbons (Fsp3) is 0.600. The van der Waals surface area contributed by atoms with Gasteiger partial charge in [0.15, 0.2) is 0 Å². The van der Waals surface area contributed by atoms with Crippen molar-refractivity contribution in [2.24, 2.45) is 5.92 Å². The second-order valence-corrected chi connectivity index (χ2v) is 6.09. The van der Waals surface area contributed by atoms with Gasteiger partial charge in [-0.2, -0.15) is 0 Å². The van der Waals surface area contributed by atoms with Crippen LogP contribution in [0.3, 0.4) is 0 Å². The van der Waals surface area contributed by atoms with Gasteiger partial charge < -0.3 is 5.32 Å². The predicted octanol–water partition coefficient (Wildman–Crippen LogP) is 4.31. The number of hydrogen-bond donors (Lipinski definition) is 1. The molecule has 0 aliphatic heterocycles. The Morgan fingerprint density at radius 3 is 2.90 bits per heavy atom. The zero-order valence-electron chi connectivity index (χ0n) is 11.8. The molecular weight excluding hydrogens is 276 g/mol. The minimum Gasteiger partial charge on any atom is -0.310 e. The summed E-state index contributed by atoms with van der Waals surface area (Å²) in [5.41, 5.74) is 0.698. The van der Waals surface area contributed by atoms with E-state index >= 15 is 0 Å². The van der Waals surface area contributed by atoms with Gasteiger partial charge in [-0.15, -0.1) is 0 Å². The maximum absolute atomic E-state index is 11.0. The van der Waals surface area contributed by atoms with Crippen molar-refractivity contribution in [2.45, 2.75) is 51.6 Å². The summed E-state index contributed by atoms with van der Waals surface area (Å²) in [5, 5.41) is 15.0. The van der Waals surface area contributed by atoms with Crippen molar-refractivity contribution in [3.8, 4) is 0 Å². The van der Waals surface area contributed by atoms with Crippen LogP contribution in [0.25, 0.3) is 0 Å². The van der Waals surface area contributed by atoms with Crippen LogP contribution in [0.2, 0.25) is 5.02 Å². The third-order valence-electron chi connectivity index (χ3n) is 4.12. The first kappa shape index (κ1) is 15.3. The number of nitro groups is 1. The average molecular weight is 297 g/mol. The molecule has 0 radical (unpaired) electrons. The second-order valence-electron chi connectivity index (χ2n) is 5.69. The molecule has 4 nitrogen and oxygen atoms in total. The normalized spacial score (nSPS) is 23.3. The van der Waals surface area contributed by atoms with Crippen LogP contribution in [0.5, 0.6) is 0 Å². The Labute approximate surface area is 124 Å². The molecule has 1 aromatic rings. The van der Waals surface area contributed by atoms with Gasteiger partial charge in [-0.3, -0.25) is 10.1 Å². The molecule has 0 heterocycles. The van der Waals surface area contributed by atoms with E-state index < -0.39 is 0 Å². The van der Waals surface area contributed by atoms with Crippen LogP contribution in [0.15, 0.2) is 18.2 Å². The lowest BCUT2D eigenvalue weighted by atomic mass is 10.0. The van der Waals surface area contributed by atoms with Gasteiger partial charge in [0.1, 0.15) is 0 Å². The summed E-state index contributed by atoms with van der Waals surface area (Å²) in [7, 11) is 0. The molecule has 2 unspecified atom stereocenters. The molecule has 1 aliphatic rings. The number of nitrogens with zero attached hydrogens (tertiary/aromatic N) is 1. The van der Waals surface area contributed by atoms with Crippen molar-refractivity contribution in [3.63, 3.8) is 0 Å². The number of benzene rings is 1. The van der Waals surface area contributed by atoms with E-state index in [4.69, 9.17) is 11.6 Å². The van der Waals surface area contributed by atoms with Gasteiger partial charge in [-0.25, -0.2) is 0 Å². The summed E-state index contributed by atoms with van der Waals surface area (Å²) in [6, 6.07) is 5.28. The Hall–Kier alpha value is -1.13. The molecule has 1 aromatic carbocycles. The Kier molecular flexibility index (Phi) is 5.38. The zero-order valence-corrected chi connectivity index (χ0v) is 12.5. The van der Waals surface area contributed by atoms with Gasteiger partial charge in [0, 0.05) is 18.7 Å². The van der Waals surface area contributed by atoms with Gasteiger partial charge in [0.05, 0.1) is 15.5 Å². The molecule has 2 atom stereocenters. The highest BCUT2D eigenvalue weighted by atomic mass is 35.5. The topological polar surface area (TPSA) is 55.2 Å². The molecule has 2 rings (SSSR count). The smallest absolute Gasteiger partial charge is 0.275 e. The van der Waals surface area contributed by atoms with Crippen molar-refractivity contribution >= 4 is 17.3 Å². The molecule has 1 saturated carbocycles. The van der Waals surface area contributed by atoms with E-state index in [-0.39, 0.29) is 10.6 Å². The summed E-state index contributed by atoms with van der Waals surface area (Å²) in [5.74, 6) is 0.788. The third-order valence-corrected chi connectivity index (χ3v) is 4.47. The number of hydrogen-bond acceptors (Lipinski definition) is 3. The van der Waals surface area contributed by atoms with Crippen LogP contribution in [0.1, 0.15) is 44.6 Å². The summed E-state index contributed by atoms with van der Waals surface area (Å²) in [4.78, 5) is 10.7. The minimum absolute atomic E-state index is 0.104. The van der Waals surface area contributed by atoms with E-state index in [1.54, 1.807) is 12.1 Å². The molecule has 0 saturated heterocycles. The molecule has 0 aromatic heterocycles. The van der Waals surface area contributed by atoms with Gasteiger partial charge in [-0.05, 0) is 31.2 Å². The first-order valence-corrected chi connectivity index (χ1v) is 7.61. The molecular formula is C15H21ClN2O2. The van der Waals surface area contributed by atoms with Crippen LogP contribution >= 0.6 is 11.6 Å². The van der Waals surface area contributed by atoms with Crippen LogP contribution < -0.4 is 5.32 Å². The van der Waals surface area contributed by atoms with Gasteiger partial charge in [0.2, 0.25) is 0 Å². The predicted molar refractivity (Wildman–Crippen MR) is 81.0 cm³/mol. The minimum atomic E-state index is -0.363. The fourth-order valence-corrected chi connectivity index (χ4v) is 3.07. The number of halogens is 1. The molecule has 0 spiro atoms. The molecule has 5 heteroatoms. The highest BCUT2D eigenvalue weighted by molar-refractivity contribution is 6.31. The summed E-state index contributed by atoms with van der Waals surface area (Å²) in [6.45, 7) is 2.76. The third kappa shape index (κ3) is 3.93. The Balaban J connectivity index is 2.01. The SMILES string of the molecule is CC1CCCC(NCc2c(Cl)cccc2[N+](=O)[O-])CC1. The van der Waals surface area contributed by atoms with Gasteiger partial charge in [0.25, 0.3) is 5.69 Å². The van der Waals surface area contributed by atoms with Crippen LogP contribution in [-0.2, 0) is 6.54 Å². The number of nitro benzene ring substituents is 1. The van der Waals surface area contributed by atoms with Gasteiger partial charge in [-0.1, -0.05) is 37.4 Å². The maximum atomic E-state index is 11.0. The van der Waals surface area contributed by atoms with Gasteiger partial charge >= 0.3 is 0 Å². The lowest BCUT2D eigenvalue weighted by Gasteiger charge is -2.17. The first-order chi connectivity index (χ1) is 9.58. The Bertz CT molecular complexity index is 479. The highest BCUT2D eigenvalue weighted by Crippen LogP contribution is 2.27. The van der Waals surface area contributed by atoms with E-state index in [9.17, 15) is 10.1 Å². The molecule has 1 fully saturated rings. The molecule has 0 amide bonds. The van der Waals surface area contributed by atoms with Crippen molar-refractivity contribution in [1.82, 2.24) is 5.32 Å². The van der Waals surface area contributed by atoms with Crippen molar-refractivity contribution in [2.75, 3.05) is 0 Å². The van der Waals surface area contributed by atoms with E-state index in [0.29, 0.717) is 23.2 Å². The van der Waals surface area contributed by atoms with Crippen molar-refractivity contribution in [3.05, 3.63) is 38.9 Å². The Morgan fingerprint density at radius 2 is 2.15 bits per heavy atom. The number of nitrogens with one attached hydrogen (secondary N) is 1. The quantitative estimate of drug-likeness (QED) is 0.512. The monoisotopic (exact) mass is 296 g/mol. The molecule has 1 N–H and O–H groups in total. The van der Waals surface area contributed by atoms with Crippen LogP contribution in [0.4, 0.5) is 5.69 Å². The summed E-state index contributed by atoms with van der Waals surface area (Å²) < 4.78 is 0. The second kappa shape index (κ2) is 7.04. The Morgan fingerprint density at radius 1 is 1.35 bits per heavy atom. The first-order valence-electron chi connectivity index (χ1n) is 7.23. The molecule has 20 heavy (non-hydrogen) atoms. The zero-order chi connectivity index (χ0) is 14.5. The van der Waals surface area contributed by atoms with E-state index in [2.05, 4.69) is 12.2 Å². The van der Waals surface area contributed by atoms with E-state index in [1.807, 2.05) is 0 Å². The van der Waals surface area contributed by atoms with E-state index in [0.717, 1.165) is 18.8 Å². The van der Waals surface area contributed by atoms with Crippen LogP contribution in [0, 0.1) is 16.0 Å². The maximum Gasteiger partial charge on any atom is 0.275 e. The molecule has 110 valence electrons. The van der Waals surface area contributed by atoms with Crippen molar-refractivity contribution < 1.29 is 4.92 Å². The standard InChI is InChI=1S/C15H21ClN2O2/c1-11-4-2-5-12(9-8-11)17-10-13-14(16)6-3-7-15(13)18(19)20/h3,6-7,11-12,17H,2,4-5,8-10H2,1H3. The average Bonchev–Trinajstić information content (AvgIpc) is 2.62. The number of rotatable bonds is 4. The van der Waals surface area contributed by atoms with E-state index in [1.165, 1.54) is 25.3 Å². The lowest BCUT2D eigenvalue weighted by molar-refractivity contribution is -0.385. The lowest BCUT2D eigenvalue weighted by Crippen LogP contribution is -2.28. The molecule has 1 aliphatic carbocycles. The van der Waals surface area contributed by atoms with Crippen LogP contribution in [-0.4, -0.2) is 11.0 Å². The summed E-state index contributed by atoms with van der Waals surface area (Å²) >= 11 is 6.10. The largest absolute Gasteiger partial charge is 0.310 e. The fourth-order valence-electron chi connectivity index (χ4n) is 2.83. The molecule has 0 bridgehead atoms. The highest BCUT2D eigenvalue weighted by Gasteiger charge is 2.19. The summed E-state index contributed by atoms with van der Waals surface area (Å²) in [6.07, 6.45) is 6.01.